The monoisotopic (exact) mass is 370 g/mol. The van der Waals surface area contributed by atoms with E-state index >= 15 is 0 Å². The lowest BCUT2D eigenvalue weighted by Crippen LogP contribution is -2.64. The number of anilines is 1. The first-order valence-corrected chi connectivity index (χ1v) is 9.00. The zero-order valence-corrected chi connectivity index (χ0v) is 15.8. The number of benzene rings is 1. The highest BCUT2D eigenvalue weighted by molar-refractivity contribution is 5.85. The van der Waals surface area contributed by atoms with E-state index in [0.29, 0.717) is 30.5 Å². The molecule has 2 saturated heterocycles. The highest BCUT2D eigenvalue weighted by Gasteiger charge is 2.65. The van der Waals surface area contributed by atoms with Crippen LogP contribution in [-0.4, -0.2) is 41.8 Å². The molecule has 0 aromatic heterocycles. The summed E-state index contributed by atoms with van der Waals surface area (Å²) in [5, 5.41) is 14.1. The predicted octanol–water partition coefficient (Wildman–Crippen LogP) is 3.30. The van der Waals surface area contributed by atoms with Gasteiger partial charge in [-0.2, -0.15) is 0 Å². The lowest BCUT2D eigenvalue weighted by Gasteiger charge is -2.56. The van der Waals surface area contributed by atoms with E-state index in [1.807, 2.05) is 0 Å². The minimum Gasteiger partial charge on any atom is -0.396 e. The molecular formula is C19H28Cl2N2O. The number of nitrogens with zero attached hydrogens (tertiary/aromatic N) is 1. The van der Waals surface area contributed by atoms with Crippen LogP contribution in [0, 0.1) is 17.8 Å². The predicted molar refractivity (Wildman–Crippen MR) is 102 cm³/mol. The van der Waals surface area contributed by atoms with E-state index in [4.69, 9.17) is 0 Å². The number of fused-ring (bicyclic) bond motifs is 2. The van der Waals surface area contributed by atoms with Gasteiger partial charge in [-0.1, -0.05) is 31.5 Å². The number of aliphatic hydroxyl groups is 1. The molecule has 0 unspecified atom stereocenters. The van der Waals surface area contributed by atoms with Gasteiger partial charge in [-0.25, -0.2) is 0 Å². The second-order valence-electron chi connectivity index (χ2n) is 7.88. The van der Waals surface area contributed by atoms with Gasteiger partial charge in [-0.15, -0.1) is 24.8 Å². The highest BCUT2D eigenvalue weighted by atomic mass is 35.5. The van der Waals surface area contributed by atoms with Gasteiger partial charge in [0.1, 0.15) is 0 Å². The first-order valence-electron chi connectivity index (χ1n) is 9.00. The van der Waals surface area contributed by atoms with Crippen molar-refractivity contribution in [2.45, 2.75) is 43.7 Å². The summed E-state index contributed by atoms with van der Waals surface area (Å²) in [6.45, 7) is 5.15. The van der Waals surface area contributed by atoms with Crippen LogP contribution >= 0.6 is 24.8 Å². The van der Waals surface area contributed by atoms with Crippen molar-refractivity contribution >= 4 is 30.5 Å². The minimum atomic E-state index is 0. The summed E-state index contributed by atoms with van der Waals surface area (Å²) in [4.78, 5) is 2.77. The first-order chi connectivity index (χ1) is 10.8. The molecule has 3 heterocycles. The van der Waals surface area contributed by atoms with Crippen molar-refractivity contribution in [1.82, 2.24) is 4.90 Å². The van der Waals surface area contributed by atoms with Crippen molar-refractivity contribution < 1.29 is 5.11 Å². The molecule has 0 radical (unpaired) electrons. The van der Waals surface area contributed by atoms with Crippen molar-refractivity contribution in [3.8, 4) is 0 Å². The smallest absolute Gasteiger partial charge is 0.0481 e. The maximum atomic E-state index is 10.2. The normalized spacial score (nSPS) is 41.5. The zero-order valence-electron chi connectivity index (χ0n) is 14.1. The Balaban J connectivity index is 0.000000845. The number of nitrogens with one attached hydrogen (secondary N) is 1. The molecule has 1 aliphatic carbocycles. The van der Waals surface area contributed by atoms with Crippen LogP contribution in [0.5, 0.6) is 0 Å². The molecular weight excluding hydrogens is 343 g/mol. The topological polar surface area (TPSA) is 35.5 Å². The van der Waals surface area contributed by atoms with Crippen molar-refractivity contribution in [3.05, 3.63) is 29.8 Å². The summed E-state index contributed by atoms with van der Waals surface area (Å²) in [6.07, 6.45) is 3.79. The number of piperidine rings is 1. The maximum Gasteiger partial charge on any atom is 0.0481 e. The number of hydrogen-bond donors (Lipinski definition) is 2. The quantitative estimate of drug-likeness (QED) is 0.837. The third-order valence-electron chi connectivity index (χ3n) is 7.43. The second-order valence-corrected chi connectivity index (χ2v) is 7.88. The molecule has 2 bridgehead atoms. The van der Waals surface area contributed by atoms with Gasteiger partial charge in [-0.3, -0.25) is 4.90 Å². The van der Waals surface area contributed by atoms with Crippen LogP contribution in [0.4, 0.5) is 5.69 Å². The maximum absolute atomic E-state index is 10.2. The lowest BCUT2D eigenvalue weighted by atomic mass is 9.54. The molecule has 0 amide bonds. The average molecular weight is 371 g/mol. The molecule has 5 heteroatoms. The Hall–Kier alpha value is -0.480. The standard InChI is InChI=1S/C19H26N2O.2ClH/c1-2-12-10-21-8-7-19-15-5-3-4-6-16(15)20-18(19)14(11-22)13(12)9-17(19)21;;/h3-6,12-14,17-18,20,22H,2,7-11H2,1H3;2*1H/t12-,13+,14+,17+,18+,19-;;/m1../s1. The molecule has 3 aliphatic heterocycles. The van der Waals surface area contributed by atoms with Crippen LogP contribution in [0.25, 0.3) is 0 Å². The molecule has 3 fully saturated rings. The molecule has 1 spiro atoms. The number of halogens is 2. The highest BCUT2D eigenvalue weighted by Crippen LogP contribution is 2.61. The van der Waals surface area contributed by atoms with Crippen LogP contribution in [0.3, 0.4) is 0 Å². The van der Waals surface area contributed by atoms with Crippen LogP contribution in [0.2, 0.25) is 0 Å². The van der Waals surface area contributed by atoms with Gasteiger partial charge in [0.2, 0.25) is 0 Å². The number of rotatable bonds is 2. The third kappa shape index (κ3) is 2.05. The Kier molecular flexibility index (Phi) is 4.85. The van der Waals surface area contributed by atoms with Crippen molar-refractivity contribution in [1.29, 1.82) is 0 Å². The summed E-state index contributed by atoms with van der Waals surface area (Å²) in [7, 11) is 0. The van der Waals surface area contributed by atoms with Gasteiger partial charge in [-0.05, 0) is 42.9 Å². The van der Waals surface area contributed by atoms with Crippen LogP contribution in [0.15, 0.2) is 24.3 Å². The Labute approximate surface area is 157 Å². The Morgan fingerprint density at radius 2 is 2.08 bits per heavy atom. The number of hydrogen-bond acceptors (Lipinski definition) is 3. The molecule has 134 valence electrons. The SMILES string of the molecule is CC[C@@H]1CN2CC[C@]34c5ccccc5N[C@H]3[C@@H](CO)[C@H]1C[C@H]24.Cl.Cl. The van der Waals surface area contributed by atoms with Crippen LogP contribution < -0.4 is 5.32 Å². The number of para-hydroxylation sites is 1. The Morgan fingerprint density at radius 1 is 1.29 bits per heavy atom. The molecule has 24 heavy (non-hydrogen) atoms. The summed E-state index contributed by atoms with van der Waals surface area (Å²) in [5.41, 5.74) is 3.10. The van der Waals surface area contributed by atoms with Gasteiger partial charge in [0.05, 0.1) is 0 Å². The fourth-order valence-corrected chi connectivity index (χ4v) is 6.53. The van der Waals surface area contributed by atoms with E-state index in [0.717, 1.165) is 5.92 Å². The van der Waals surface area contributed by atoms with Gasteiger partial charge in [0.15, 0.2) is 0 Å². The summed E-state index contributed by atoms with van der Waals surface area (Å²) in [6, 6.07) is 10.0. The van der Waals surface area contributed by atoms with E-state index in [-0.39, 0.29) is 30.2 Å². The zero-order chi connectivity index (χ0) is 14.9. The van der Waals surface area contributed by atoms with Crippen LogP contribution in [-0.2, 0) is 5.41 Å². The Bertz CT molecular complexity index is 613. The van der Waals surface area contributed by atoms with Crippen LogP contribution in [0.1, 0.15) is 31.7 Å². The van der Waals surface area contributed by atoms with Gasteiger partial charge in [0, 0.05) is 42.3 Å². The molecule has 1 aromatic rings. The molecule has 3 nitrogen and oxygen atoms in total. The van der Waals surface area contributed by atoms with Crippen molar-refractivity contribution in [3.63, 3.8) is 0 Å². The third-order valence-corrected chi connectivity index (χ3v) is 7.43. The molecule has 1 saturated carbocycles. The van der Waals surface area contributed by atoms with E-state index < -0.39 is 0 Å². The van der Waals surface area contributed by atoms with E-state index in [1.165, 1.54) is 43.6 Å². The molecule has 6 atom stereocenters. The van der Waals surface area contributed by atoms with Crippen molar-refractivity contribution in [2.24, 2.45) is 17.8 Å². The van der Waals surface area contributed by atoms with Gasteiger partial charge >= 0.3 is 0 Å². The molecule has 5 rings (SSSR count). The summed E-state index contributed by atoms with van der Waals surface area (Å²) >= 11 is 0. The fourth-order valence-electron chi connectivity index (χ4n) is 6.53. The number of aliphatic hydroxyl groups excluding tert-OH is 1. The summed E-state index contributed by atoms with van der Waals surface area (Å²) < 4.78 is 0. The first kappa shape index (κ1) is 18.3. The van der Waals surface area contributed by atoms with E-state index in [1.54, 1.807) is 0 Å². The fraction of sp³-hybridized carbons (Fsp3) is 0.684. The molecule has 1 aromatic carbocycles. The minimum absolute atomic E-state index is 0. The van der Waals surface area contributed by atoms with E-state index in [2.05, 4.69) is 41.4 Å². The van der Waals surface area contributed by atoms with Gasteiger partial charge < -0.3 is 10.4 Å². The Morgan fingerprint density at radius 3 is 2.83 bits per heavy atom. The molecule has 4 aliphatic rings. The lowest BCUT2D eigenvalue weighted by molar-refractivity contribution is -0.0363. The summed E-state index contributed by atoms with van der Waals surface area (Å²) in [5.74, 6) is 1.86. The average Bonchev–Trinajstić information content (AvgIpc) is 3.11. The van der Waals surface area contributed by atoms with Gasteiger partial charge in [0.25, 0.3) is 0 Å². The second kappa shape index (κ2) is 6.35. The largest absolute Gasteiger partial charge is 0.396 e. The molecule has 2 N–H and O–H groups in total. The van der Waals surface area contributed by atoms with E-state index in [9.17, 15) is 5.11 Å². The van der Waals surface area contributed by atoms with Crippen molar-refractivity contribution in [2.75, 3.05) is 25.0 Å².